The van der Waals surface area contributed by atoms with E-state index >= 15 is 0 Å². The lowest BCUT2D eigenvalue weighted by atomic mass is 10.1. The van der Waals surface area contributed by atoms with Gasteiger partial charge in [-0.1, -0.05) is 11.2 Å². The van der Waals surface area contributed by atoms with Gasteiger partial charge in [0.2, 0.25) is 0 Å². The Labute approximate surface area is 163 Å². The number of nitrogens with one attached hydrogen (secondary N) is 1. The Kier molecular flexibility index (Phi) is 4.61. The van der Waals surface area contributed by atoms with Gasteiger partial charge in [-0.25, -0.2) is 8.42 Å². The number of nitro groups is 1. The van der Waals surface area contributed by atoms with Crippen LogP contribution in [0.2, 0.25) is 0 Å². The first-order chi connectivity index (χ1) is 13.3. The molecule has 10 nitrogen and oxygen atoms in total. The van der Waals surface area contributed by atoms with Crippen LogP contribution < -0.4 is 4.72 Å². The maximum Gasteiger partial charge on any atom is 0.270 e. The molecule has 0 radical (unpaired) electrons. The van der Waals surface area contributed by atoms with Crippen LogP contribution in [-0.4, -0.2) is 30.1 Å². The van der Waals surface area contributed by atoms with Crippen LogP contribution in [0.3, 0.4) is 0 Å². The first kappa shape index (κ1) is 18.5. The Bertz CT molecular complexity index is 1170. The molecule has 0 saturated heterocycles. The third kappa shape index (κ3) is 3.37. The molecule has 0 aliphatic carbocycles. The maximum absolute atomic E-state index is 12.9. The van der Waals surface area contributed by atoms with E-state index in [1.54, 1.807) is 6.92 Å². The highest BCUT2D eigenvalue weighted by Crippen LogP contribution is 2.43. The predicted octanol–water partition coefficient (Wildman–Crippen LogP) is 2.89. The lowest BCUT2D eigenvalue weighted by Gasteiger charge is -2.12. The van der Waals surface area contributed by atoms with Crippen molar-refractivity contribution in [2.24, 2.45) is 0 Å². The Balaban J connectivity index is 1.78. The third-order valence-corrected chi connectivity index (χ3v) is 6.73. The van der Waals surface area contributed by atoms with Gasteiger partial charge in [0.25, 0.3) is 21.6 Å². The fourth-order valence-electron chi connectivity index (χ4n) is 2.87. The number of non-ortho nitro benzene ring substituents is 1. The predicted molar refractivity (Wildman–Crippen MR) is 99.6 cm³/mol. The molecule has 0 amide bonds. The van der Waals surface area contributed by atoms with Crippen LogP contribution >= 0.6 is 11.3 Å². The van der Waals surface area contributed by atoms with Gasteiger partial charge in [-0.05, 0) is 25.0 Å². The zero-order valence-corrected chi connectivity index (χ0v) is 16.2. The summed E-state index contributed by atoms with van der Waals surface area (Å²) in [5.41, 5.74) is 1.11. The van der Waals surface area contributed by atoms with Crippen molar-refractivity contribution in [2.45, 2.75) is 24.8 Å². The summed E-state index contributed by atoms with van der Waals surface area (Å²) in [6, 6.07) is 4.85. The van der Waals surface area contributed by atoms with Crippen molar-refractivity contribution in [3.63, 3.8) is 0 Å². The summed E-state index contributed by atoms with van der Waals surface area (Å²) < 4.78 is 38.9. The lowest BCUT2D eigenvalue weighted by Crippen LogP contribution is -2.13. The molecule has 1 aliphatic rings. The molecule has 28 heavy (non-hydrogen) atoms. The topological polar surface area (TPSA) is 137 Å². The van der Waals surface area contributed by atoms with Crippen LogP contribution in [0.5, 0.6) is 0 Å². The van der Waals surface area contributed by atoms with Gasteiger partial charge in [-0.2, -0.15) is 4.98 Å². The minimum absolute atomic E-state index is 0.211. The highest BCUT2D eigenvalue weighted by Gasteiger charge is 2.29. The minimum Gasteiger partial charge on any atom is -0.376 e. The number of benzene rings is 1. The number of aryl methyl sites for hydroxylation is 1. The largest absolute Gasteiger partial charge is 0.376 e. The lowest BCUT2D eigenvalue weighted by molar-refractivity contribution is -0.385. The van der Waals surface area contributed by atoms with Gasteiger partial charge >= 0.3 is 0 Å². The van der Waals surface area contributed by atoms with Gasteiger partial charge in [-0.3, -0.25) is 14.8 Å². The van der Waals surface area contributed by atoms with Crippen molar-refractivity contribution in [1.82, 2.24) is 10.1 Å². The zero-order chi connectivity index (χ0) is 19.9. The van der Waals surface area contributed by atoms with E-state index in [9.17, 15) is 18.5 Å². The number of nitrogens with zero attached hydrogens (tertiary/aromatic N) is 3. The number of aromatic nitrogens is 2. The summed E-state index contributed by atoms with van der Waals surface area (Å²) in [6.45, 7) is 2.53. The number of hydrogen-bond acceptors (Lipinski definition) is 9. The van der Waals surface area contributed by atoms with Gasteiger partial charge in [-0.15, -0.1) is 11.3 Å². The van der Waals surface area contributed by atoms with E-state index in [1.807, 2.05) is 0 Å². The number of fused-ring (bicyclic) bond motifs is 1. The molecule has 3 heterocycles. The molecule has 2 aromatic heterocycles. The summed E-state index contributed by atoms with van der Waals surface area (Å²) in [5.74, 6) is 0.642. The molecule has 3 aromatic rings. The quantitative estimate of drug-likeness (QED) is 0.489. The SMILES string of the molecule is Cc1noc(-c2c(NS(=O)(=O)c3cccc([N+](=O)[O-])c3)sc3c2CCOC3)n1. The van der Waals surface area contributed by atoms with E-state index in [0.29, 0.717) is 36.0 Å². The molecule has 0 atom stereocenters. The van der Waals surface area contributed by atoms with Crippen LogP contribution in [0, 0.1) is 17.0 Å². The van der Waals surface area contributed by atoms with E-state index in [0.717, 1.165) is 16.5 Å². The molecule has 0 fully saturated rings. The molecular weight excluding hydrogens is 408 g/mol. The Hall–Kier alpha value is -2.83. The number of sulfonamides is 1. The van der Waals surface area contributed by atoms with Crippen molar-refractivity contribution in [3.05, 3.63) is 50.6 Å². The van der Waals surface area contributed by atoms with Crippen LogP contribution in [0.25, 0.3) is 11.5 Å². The smallest absolute Gasteiger partial charge is 0.270 e. The Morgan fingerprint density at radius 3 is 2.89 bits per heavy atom. The Morgan fingerprint density at radius 1 is 1.36 bits per heavy atom. The van der Waals surface area contributed by atoms with Crippen LogP contribution in [0.15, 0.2) is 33.7 Å². The summed E-state index contributed by atoms with van der Waals surface area (Å²) in [4.78, 5) is 15.2. The summed E-state index contributed by atoms with van der Waals surface area (Å²) >= 11 is 1.22. The fourth-order valence-corrected chi connectivity index (χ4v) is 5.40. The number of rotatable bonds is 5. The zero-order valence-electron chi connectivity index (χ0n) is 14.5. The second-order valence-electron chi connectivity index (χ2n) is 6.02. The summed E-state index contributed by atoms with van der Waals surface area (Å²) in [6.07, 6.45) is 0.584. The normalized spacial score (nSPS) is 13.9. The number of hydrogen-bond donors (Lipinski definition) is 1. The van der Waals surface area contributed by atoms with E-state index in [1.165, 1.54) is 29.5 Å². The number of nitro benzene ring substituents is 1. The fraction of sp³-hybridized carbons (Fsp3) is 0.250. The minimum atomic E-state index is -4.07. The molecule has 12 heteroatoms. The highest BCUT2D eigenvalue weighted by molar-refractivity contribution is 7.93. The second kappa shape index (κ2) is 6.96. The highest BCUT2D eigenvalue weighted by atomic mass is 32.2. The van der Waals surface area contributed by atoms with Crippen LogP contribution in [0.1, 0.15) is 16.3 Å². The molecule has 1 N–H and O–H groups in total. The van der Waals surface area contributed by atoms with Gasteiger partial charge in [0.05, 0.1) is 28.6 Å². The van der Waals surface area contributed by atoms with Gasteiger partial charge < -0.3 is 9.26 Å². The van der Waals surface area contributed by atoms with Gasteiger partial charge in [0.15, 0.2) is 5.82 Å². The molecule has 0 saturated carbocycles. The molecule has 4 rings (SSSR count). The second-order valence-corrected chi connectivity index (χ2v) is 8.80. The van der Waals surface area contributed by atoms with E-state index in [2.05, 4.69) is 14.9 Å². The summed E-state index contributed by atoms with van der Waals surface area (Å²) in [5, 5.41) is 15.1. The molecule has 146 valence electrons. The third-order valence-electron chi connectivity index (χ3n) is 4.13. The first-order valence-corrected chi connectivity index (χ1v) is 10.5. The van der Waals surface area contributed by atoms with Crippen molar-refractivity contribution < 1.29 is 22.6 Å². The average molecular weight is 422 g/mol. The standard InChI is InChI=1S/C16H14N4O6S2/c1-9-17-15(26-18-9)14-12-5-6-25-8-13(12)27-16(14)19-28(23,24)11-4-2-3-10(7-11)20(21)22/h2-4,7,19H,5-6,8H2,1H3. The number of thiophene rings is 1. The van der Waals surface area contributed by atoms with Gasteiger partial charge in [0, 0.05) is 17.0 Å². The average Bonchev–Trinajstić information content (AvgIpc) is 3.24. The molecular formula is C16H14N4O6S2. The van der Waals surface area contributed by atoms with E-state index in [-0.39, 0.29) is 16.5 Å². The van der Waals surface area contributed by atoms with E-state index in [4.69, 9.17) is 9.26 Å². The van der Waals surface area contributed by atoms with Crippen molar-refractivity contribution in [3.8, 4) is 11.5 Å². The van der Waals surface area contributed by atoms with E-state index < -0.39 is 14.9 Å². The molecule has 1 aliphatic heterocycles. The molecule has 0 spiro atoms. The summed E-state index contributed by atoms with van der Waals surface area (Å²) in [7, 11) is -4.07. The van der Waals surface area contributed by atoms with Crippen molar-refractivity contribution in [2.75, 3.05) is 11.3 Å². The monoisotopic (exact) mass is 422 g/mol. The van der Waals surface area contributed by atoms with Crippen LogP contribution in [0.4, 0.5) is 10.7 Å². The molecule has 0 unspecified atom stereocenters. The molecule has 1 aromatic carbocycles. The first-order valence-electron chi connectivity index (χ1n) is 8.15. The maximum atomic E-state index is 12.9. The van der Waals surface area contributed by atoms with Crippen LogP contribution in [-0.2, 0) is 27.8 Å². The van der Waals surface area contributed by atoms with Crippen molar-refractivity contribution in [1.29, 1.82) is 0 Å². The number of ether oxygens (including phenoxy) is 1. The Morgan fingerprint density at radius 2 is 2.18 bits per heavy atom. The molecule has 0 bridgehead atoms. The van der Waals surface area contributed by atoms with Gasteiger partial charge in [0.1, 0.15) is 5.00 Å². The number of anilines is 1. The van der Waals surface area contributed by atoms with Crippen molar-refractivity contribution >= 4 is 32.0 Å².